The lowest BCUT2D eigenvalue weighted by molar-refractivity contribution is 0.565. The Kier molecular flexibility index (Phi) is 7.03. The van der Waals surface area contributed by atoms with Crippen molar-refractivity contribution in [2.45, 2.75) is 25.7 Å². The van der Waals surface area contributed by atoms with Crippen LogP contribution in [0.4, 0.5) is 0 Å². The van der Waals surface area contributed by atoms with Gasteiger partial charge in [-0.1, -0.05) is 166 Å². The van der Waals surface area contributed by atoms with Crippen LogP contribution in [0.1, 0.15) is 31.4 Å². The maximum atomic E-state index is 2.46. The zero-order valence-corrected chi connectivity index (χ0v) is 31.1. The molecule has 260 valence electrons. The fourth-order valence-electron chi connectivity index (χ4n) is 9.70. The van der Waals surface area contributed by atoms with Gasteiger partial charge in [-0.25, -0.2) is 0 Å². The second-order valence-electron chi connectivity index (χ2n) is 15.3. The molecule has 0 fully saturated rings. The number of hydrogen-bond acceptors (Lipinski definition) is 0. The normalized spacial score (nSPS) is 14.9. The first-order chi connectivity index (χ1) is 27.1. The Hall–Kier alpha value is -6.70. The molecule has 0 N–H and O–H groups in total. The minimum atomic E-state index is 0.0106. The quantitative estimate of drug-likeness (QED) is 0.157. The molecule has 0 saturated carbocycles. The smallest absolute Gasteiger partial charge is 0.0541 e. The van der Waals surface area contributed by atoms with Gasteiger partial charge in [0.05, 0.1) is 11.0 Å². The van der Waals surface area contributed by atoms with E-state index < -0.39 is 0 Å². The van der Waals surface area contributed by atoms with Gasteiger partial charge in [0, 0.05) is 21.9 Å². The van der Waals surface area contributed by atoms with Gasteiger partial charge in [-0.15, -0.1) is 0 Å². The fourth-order valence-corrected chi connectivity index (χ4v) is 9.70. The van der Waals surface area contributed by atoms with Crippen LogP contribution in [0.15, 0.2) is 188 Å². The molecule has 1 heterocycles. The summed E-state index contributed by atoms with van der Waals surface area (Å²) in [5.41, 5.74) is 16.8. The first kappa shape index (κ1) is 31.8. The van der Waals surface area contributed by atoms with Crippen LogP contribution in [0.3, 0.4) is 0 Å². The maximum absolute atomic E-state index is 2.46. The molecule has 0 radical (unpaired) electrons. The Balaban J connectivity index is 1.04. The second-order valence-corrected chi connectivity index (χ2v) is 15.3. The molecule has 0 bridgehead atoms. The average Bonchev–Trinajstić information content (AvgIpc) is 3.72. The van der Waals surface area contributed by atoms with Crippen molar-refractivity contribution in [2.75, 3.05) is 0 Å². The van der Waals surface area contributed by atoms with Crippen LogP contribution in [-0.2, 0) is 5.41 Å². The zero-order chi connectivity index (χ0) is 36.7. The Morgan fingerprint density at radius 2 is 0.873 bits per heavy atom. The predicted octanol–water partition coefficient (Wildman–Crippen LogP) is 14.8. The summed E-state index contributed by atoms with van der Waals surface area (Å²) in [6.45, 7) is 4.73. The molecular weight excluding hydrogens is 663 g/mol. The average molecular weight is 702 g/mol. The van der Waals surface area contributed by atoms with Gasteiger partial charge in [-0.05, 0) is 120 Å². The van der Waals surface area contributed by atoms with Crippen LogP contribution in [0.2, 0.25) is 0 Å². The van der Waals surface area contributed by atoms with Gasteiger partial charge in [-0.3, -0.25) is 0 Å². The summed E-state index contributed by atoms with van der Waals surface area (Å²) >= 11 is 0. The molecule has 1 aliphatic carbocycles. The van der Waals surface area contributed by atoms with Crippen molar-refractivity contribution in [3.8, 4) is 50.2 Å². The van der Waals surface area contributed by atoms with Crippen molar-refractivity contribution in [1.82, 2.24) is 4.57 Å². The van der Waals surface area contributed by atoms with Crippen molar-refractivity contribution in [1.29, 1.82) is 0 Å². The molecule has 0 aliphatic heterocycles. The van der Waals surface area contributed by atoms with Crippen LogP contribution in [0.25, 0.3) is 93.5 Å². The van der Waals surface area contributed by atoms with E-state index in [1.807, 2.05) is 0 Å². The molecule has 9 aromatic carbocycles. The first-order valence-electron chi connectivity index (χ1n) is 19.5. The Labute approximate surface area is 321 Å². The topological polar surface area (TPSA) is 4.93 Å². The van der Waals surface area contributed by atoms with E-state index in [0.717, 1.165) is 12.1 Å². The van der Waals surface area contributed by atoms with Crippen LogP contribution in [-0.4, -0.2) is 4.57 Å². The predicted molar refractivity (Wildman–Crippen MR) is 234 cm³/mol. The molecule has 0 saturated heterocycles. The lowest BCUT2D eigenvalue weighted by atomic mass is 9.77. The van der Waals surface area contributed by atoms with E-state index >= 15 is 0 Å². The van der Waals surface area contributed by atoms with Crippen LogP contribution >= 0.6 is 0 Å². The third-order valence-corrected chi connectivity index (χ3v) is 12.5. The molecular formula is C54H39N. The molecule has 0 spiro atoms. The molecule has 55 heavy (non-hydrogen) atoms. The van der Waals surface area contributed by atoms with E-state index in [9.17, 15) is 0 Å². The highest BCUT2D eigenvalue weighted by Gasteiger charge is 2.37. The maximum Gasteiger partial charge on any atom is 0.0541 e. The summed E-state index contributed by atoms with van der Waals surface area (Å²) < 4.78 is 2.43. The summed E-state index contributed by atoms with van der Waals surface area (Å²) in [5, 5.41) is 7.63. The largest absolute Gasteiger partial charge is 0.309 e. The lowest BCUT2D eigenvalue weighted by Crippen LogP contribution is -2.19. The SMILES string of the molecule is CCC1(C)c2ccccc2-c2ccc(-c3ccc4c(c3)c3ccccc3n4-c3ccc(-c4c5ccccc5c(-c5ccccc5)c5ccccc45)cc3)cc21. The van der Waals surface area contributed by atoms with Crippen molar-refractivity contribution in [3.05, 3.63) is 199 Å². The number of benzene rings is 9. The molecule has 0 amide bonds. The van der Waals surface area contributed by atoms with Crippen molar-refractivity contribution >= 4 is 43.4 Å². The standard InChI is InChI=1S/C54H39N/c1-3-54(2)48-23-13-11-17-40(48)41-31-27-38(34-49(41)54)37-28-32-51-47(33-37)42-18-12-14-24-50(42)55(51)39-29-25-36(26-30-39)53-45-21-9-7-19-43(45)52(35-15-5-4-6-16-35)44-20-8-10-22-46(44)53/h4-34H,3H2,1-2H3. The fraction of sp³-hybridized carbons (Fsp3) is 0.0741. The van der Waals surface area contributed by atoms with E-state index in [0.29, 0.717) is 0 Å². The van der Waals surface area contributed by atoms with Crippen LogP contribution in [0.5, 0.6) is 0 Å². The summed E-state index contributed by atoms with van der Waals surface area (Å²) in [6.07, 6.45) is 1.07. The molecule has 10 aromatic rings. The van der Waals surface area contributed by atoms with Gasteiger partial charge < -0.3 is 4.57 Å². The number of rotatable bonds is 5. The molecule has 1 atom stereocenters. The minimum Gasteiger partial charge on any atom is -0.309 e. The summed E-state index contributed by atoms with van der Waals surface area (Å²) in [5.74, 6) is 0. The van der Waals surface area contributed by atoms with Crippen molar-refractivity contribution in [2.24, 2.45) is 0 Å². The van der Waals surface area contributed by atoms with E-state index in [2.05, 4.69) is 206 Å². The summed E-state index contributed by atoms with van der Waals surface area (Å²) in [7, 11) is 0. The van der Waals surface area contributed by atoms with Gasteiger partial charge in [0.1, 0.15) is 0 Å². The number of fused-ring (bicyclic) bond motifs is 8. The van der Waals surface area contributed by atoms with Crippen molar-refractivity contribution in [3.63, 3.8) is 0 Å². The van der Waals surface area contributed by atoms with Gasteiger partial charge >= 0.3 is 0 Å². The number of hydrogen-bond donors (Lipinski definition) is 0. The van der Waals surface area contributed by atoms with E-state index in [4.69, 9.17) is 0 Å². The van der Waals surface area contributed by atoms with Crippen LogP contribution < -0.4 is 0 Å². The molecule has 11 rings (SSSR count). The zero-order valence-electron chi connectivity index (χ0n) is 31.1. The second kappa shape index (κ2) is 12.2. The molecule has 1 nitrogen and oxygen atoms in total. The summed E-state index contributed by atoms with van der Waals surface area (Å²) in [4.78, 5) is 0. The van der Waals surface area contributed by atoms with Gasteiger partial charge in [0.25, 0.3) is 0 Å². The monoisotopic (exact) mass is 701 g/mol. The Morgan fingerprint density at radius 1 is 0.382 bits per heavy atom. The highest BCUT2D eigenvalue weighted by Crippen LogP contribution is 2.51. The van der Waals surface area contributed by atoms with Crippen molar-refractivity contribution < 1.29 is 0 Å². The van der Waals surface area contributed by atoms with E-state index in [1.54, 1.807) is 0 Å². The number of para-hydroxylation sites is 1. The van der Waals surface area contributed by atoms with E-state index in [1.165, 1.54) is 99.0 Å². The Morgan fingerprint density at radius 3 is 1.55 bits per heavy atom. The van der Waals surface area contributed by atoms with E-state index in [-0.39, 0.29) is 5.41 Å². The van der Waals surface area contributed by atoms with Gasteiger partial charge in [-0.2, -0.15) is 0 Å². The number of nitrogens with zero attached hydrogens (tertiary/aromatic N) is 1. The summed E-state index contributed by atoms with van der Waals surface area (Å²) in [6, 6.07) is 69.8. The third kappa shape index (κ3) is 4.66. The molecule has 1 aliphatic rings. The molecule has 1 aromatic heterocycles. The van der Waals surface area contributed by atoms with Crippen LogP contribution in [0, 0.1) is 0 Å². The third-order valence-electron chi connectivity index (χ3n) is 12.5. The minimum absolute atomic E-state index is 0.0106. The number of aromatic nitrogens is 1. The molecule has 1 heteroatoms. The van der Waals surface area contributed by atoms with Gasteiger partial charge in [0.15, 0.2) is 0 Å². The Bertz CT molecular complexity index is 3070. The highest BCUT2D eigenvalue weighted by molar-refractivity contribution is 6.21. The first-order valence-corrected chi connectivity index (χ1v) is 19.5. The highest BCUT2D eigenvalue weighted by atomic mass is 15.0. The molecule has 1 unspecified atom stereocenters. The van der Waals surface area contributed by atoms with Gasteiger partial charge in [0.2, 0.25) is 0 Å². The lowest BCUT2D eigenvalue weighted by Gasteiger charge is -2.26.